The zero-order valence-corrected chi connectivity index (χ0v) is 9.76. The van der Waals surface area contributed by atoms with E-state index in [1.807, 2.05) is 5.38 Å². The second-order valence-corrected chi connectivity index (χ2v) is 4.29. The van der Waals surface area contributed by atoms with Gasteiger partial charge in [0.15, 0.2) is 0 Å². The molecule has 0 saturated heterocycles. The lowest BCUT2D eigenvalue weighted by molar-refractivity contribution is 0.0950. The molecular formula is C10H8ClN3OS. The van der Waals surface area contributed by atoms with E-state index >= 15 is 0 Å². The lowest BCUT2D eigenvalue weighted by Crippen LogP contribution is -2.23. The number of nitrogens with zero attached hydrogens (tertiary/aromatic N) is 2. The summed E-state index contributed by atoms with van der Waals surface area (Å²) in [6.07, 6.45) is 3.24. The van der Waals surface area contributed by atoms with Gasteiger partial charge >= 0.3 is 0 Å². The topological polar surface area (TPSA) is 54.9 Å². The summed E-state index contributed by atoms with van der Waals surface area (Å²) in [5, 5.41) is 5.65. The zero-order valence-electron chi connectivity index (χ0n) is 8.18. The van der Waals surface area contributed by atoms with E-state index in [4.69, 9.17) is 11.6 Å². The minimum Gasteiger partial charge on any atom is -0.345 e. The number of thiazole rings is 1. The van der Waals surface area contributed by atoms with E-state index in [0.29, 0.717) is 12.1 Å². The molecule has 0 unspecified atom stereocenters. The monoisotopic (exact) mass is 253 g/mol. The summed E-state index contributed by atoms with van der Waals surface area (Å²) >= 11 is 7.28. The fourth-order valence-corrected chi connectivity index (χ4v) is 1.91. The van der Waals surface area contributed by atoms with E-state index in [1.165, 1.54) is 11.3 Å². The SMILES string of the molecule is O=C(NCc1nccs1)c1cccnc1Cl. The number of nitrogens with one attached hydrogen (secondary N) is 1. The summed E-state index contributed by atoms with van der Waals surface area (Å²) in [5.74, 6) is -0.242. The molecule has 2 aromatic rings. The minimum atomic E-state index is -0.242. The first-order chi connectivity index (χ1) is 7.77. The van der Waals surface area contributed by atoms with Crippen LogP contribution in [-0.4, -0.2) is 15.9 Å². The summed E-state index contributed by atoms with van der Waals surface area (Å²) in [6, 6.07) is 3.30. The Kier molecular flexibility index (Phi) is 3.48. The molecule has 1 amide bonds. The van der Waals surface area contributed by atoms with Crippen LogP contribution in [0.3, 0.4) is 0 Å². The number of hydrogen-bond acceptors (Lipinski definition) is 4. The van der Waals surface area contributed by atoms with Crippen molar-refractivity contribution in [1.82, 2.24) is 15.3 Å². The average molecular weight is 254 g/mol. The van der Waals surface area contributed by atoms with Crippen LogP contribution in [-0.2, 0) is 6.54 Å². The molecular weight excluding hydrogens is 246 g/mol. The van der Waals surface area contributed by atoms with Crippen LogP contribution in [0.15, 0.2) is 29.9 Å². The van der Waals surface area contributed by atoms with Crippen LogP contribution >= 0.6 is 22.9 Å². The first-order valence-corrected chi connectivity index (χ1v) is 5.80. The van der Waals surface area contributed by atoms with E-state index in [-0.39, 0.29) is 11.1 Å². The summed E-state index contributed by atoms with van der Waals surface area (Å²) in [5.41, 5.74) is 0.376. The Morgan fingerprint density at radius 3 is 3.00 bits per heavy atom. The van der Waals surface area contributed by atoms with Gasteiger partial charge in [-0.1, -0.05) is 11.6 Å². The van der Waals surface area contributed by atoms with Crippen LogP contribution in [0.1, 0.15) is 15.4 Å². The third kappa shape index (κ3) is 2.56. The minimum absolute atomic E-state index is 0.208. The molecule has 2 aromatic heterocycles. The number of carbonyl (C=O) groups is 1. The van der Waals surface area contributed by atoms with Gasteiger partial charge in [-0.3, -0.25) is 4.79 Å². The number of halogens is 1. The van der Waals surface area contributed by atoms with Crippen molar-refractivity contribution in [1.29, 1.82) is 0 Å². The van der Waals surface area contributed by atoms with Crippen molar-refractivity contribution >= 4 is 28.8 Å². The van der Waals surface area contributed by atoms with Crippen molar-refractivity contribution in [3.8, 4) is 0 Å². The van der Waals surface area contributed by atoms with Gasteiger partial charge in [0.2, 0.25) is 0 Å². The van der Waals surface area contributed by atoms with Crippen LogP contribution in [0.2, 0.25) is 5.15 Å². The number of pyridine rings is 1. The first kappa shape index (κ1) is 11.0. The molecule has 0 aliphatic carbocycles. The van der Waals surface area contributed by atoms with Crippen molar-refractivity contribution in [2.24, 2.45) is 0 Å². The summed E-state index contributed by atoms with van der Waals surface area (Å²) in [6.45, 7) is 0.404. The lowest BCUT2D eigenvalue weighted by atomic mass is 10.3. The van der Waals surface area contributed by atoms with E-state index in [9.17, 15) is 4.79 Å². The lowest BCUT2D eigenvalue weighted by Gasteiger charge is -2.03. The van der Waals surface area contributed by atoms with Gasteiger partial charge in [-0.2, -0.15) is 0 Å². The van der Waals surface area contributed by atoms with Crippen molar-refractivity contribution < 1.29 is 4.79 Å². The predicted octanol–water partition coefficient (Wildman–Crippen LogP) is 2.12. The molecule has 16 heavy (non-hydrogen) atoms. The highest BCUT2D eigenvalue weighted by molar-refractivity contribution is 7.09. The Morgan fingerprint density at radius 2 is 2.31 bits per heavy atom. The standard InChI is InChI=1S/C10H8ClN3OS/c11-9-7(2-1-3-13-9)10(15)14-6-8-12-4-5-16-8/h1-5H,6H2,(H,14,15). The van der Waals surface area contributed by atoms with Crippen LogP contribution < -0.4 is 5.32 Å². The normalized spacial score (nSPS) is 10.1. The van der Waals surface area contributed by atoms with Crippen LogP contribution in [0.4, 0.5) is 0 Å². The molecule has 4 nitrogen and oxygen atoms in total. The van der Waals surface area contributed by atoms with Crippen molar-refractivity contribution in [3.63, 3.8) is 0 Å². The smallest absolute Gasteiger partial charge is 0.254 e. The Bertz CT molecular complexity index is 487. The molecule has 0 bridgehead atoms. The largest absolute Gasteiger partial charge is 0.345 e. The maximum atomic E-state index is 11.7. The summed E-state index contributed by atoms with van der Waals surface area (Å²) in [4.78, 5) is 19.6. The highest BCUT2D eigenvalue weighted by Gasteiger charge is 2.10. The van der Waals surface area contributed by atoms with Gasteiger partial charge in [-0.05, 0) is 12.1 Å². The van der Waals surface area contributed by atoms with E-state index in [1.54, 1.807) is 24.5 Å². The van der Waals surface area contributed by atoms with Gasteiger partial charge in [0.1, 0.15) is 10.2 Å². The van der Waals surface area contributed by atoms with Crippen LogP contribution in [0, 0.1) is 0 Å². The molecule has 1 N–H and O–H groups in total. The van der Waals surface area contributed by atoms with Gasteiger partial charge < -0.3 is 5.32 Å². The Balaban J connectivity index is 2.01. The van der Waals surface area contributed by atoms with Gasteiger partial charge in [0.25, 0.3) is 5.91 Å². The van der Waals surface area contributed by atoms with E-state index < -0.39 is 0 Å². The average Bonchev–Trinajstić information content (AvgIpc) is 2.79. The number of carbonyl (C=O) groups excluding carboxylic acids is 1. The molecule has 0 aliphatic rings. The Hall–Kier alpha value is -1.46. The first-order valence-electron chi connectivity index (χ1n) is 4.54. The van der Waals surface area contributed by atoms with E-state index in [0.717, 1.165) is 5.01 Å². The third-order valence-electron chi connectivity index (χ3n) is 1.89. The highest BCUT2D eigenvalue weighted by Crippen LogP contribution is 2.11. The van der Waals surface area contributed by atoms with Crippen molar-refractivity contribution in [3.05, 3.63) is 45.6 Å². The Morgan fingerprint density at radius 1 is 1.44 bits per heavy atom. The Labute approximate surface area is 101 Å². The van der Waals surface area contributed by atoms with Crippen molar-refractivity contribution in [2.45, 2.75) is 6.54 Å². The van der Waals surface area contributed by atoms with E-state index in [2.05, 4.69) is 15.3 Å². The fourth-order valence-electron chi connectivity index (χ4n) is 1.15. The molecule has 82 valence electrons. The van der Waals surface area contributed by atoms with Gasteiger partial charge in [0.05, 0.1) is 12.1 Å². The summed E-state index contributed by atoms with van der Waals surface area (Å²) < 4.78 is 0. The van der Waals surface area contributed by atoms with Gasteiger partial charge in [0, 0.05) is 17.8 Å². The number of hydrogen-bond donors (Lipinski definition) is 1. The van der Waals surface area contributed by atoms with Crippen LogP contribution in [0.25, 0.3) is 0 Å². The molecule has 0 fully saturated rings. The molecule has 2 heterocycles. The maximum absolute atomic E-state index is 11.7. The second-order valence-electron chi connectivity index (χ2n) is 2.95. The number of aromatic nitrogens is 2. The van der Waals surface area contributed by atoms with Gasteiger partial charge in [-0.25, -0.2) is 9.97 Å². The maximum Gasteiger partial charge on any atom is 0.254 e. The molecule has 0 aromatic carbocycles. The molecule has 2 rings (SSSR count). The molecule has 0 saturated carbocycles. The molecule has 0 radical (unpaired) electrons. The predicted molar refractivity (Wildman–Crippen MR) is 62.5 cm³/mol. The zero-order chi connectivity index (χ0) is 11.4. The highest BCUT2D eigenvalue weighted by atomic mass is 35.5. The molecule has 0 spiro atoms. The molecule has 0 aliphatic heterocycles. The molecule has 6 heteroatoms. The number of amides is 1. The second kappa shape index (κ2) is 5.05. The summed E-state index contributed by atoms with van der Waals surface area (Å²) in [7, 11) is 0. The third-order valence-corrected chi connectivity index (χ3v) is 2.97. The fraction of sp³-hybridized carbons (Fsp3) is 0.100. The quantitative estimate of drug-likeness (QED) is 0.853. The van der Waals surface area contributed by atoms with Crippen LogP contribution in [0.5, 0.6) is 0 Å². The molecule has 0 atom stereocenters. The van der Waals surface area contributed by atoms with Gasteiger partial charge in [-0.15, -0.1) is 11.3 Å². The number of rotatable bonds is 3. The van der Waals surface area contributed by atoms with Crippen molar-refractivity contribution in [2.75, 3.05) is 0 Å².